The zero-order valence-electron chi connectivity index (χ0n) is 16.4. The van der Waals surface area contributed by atoms with E-state index in [9.17, 15) is 9.59 Å². The van der Waals surface area contributed by atoms with Gasteiger partial charge in [0.15, 0.2) is 0 Å². The second-order valence-corrected chi connectivity index (χ2v) is 7.07. The highest BCUT2D eigenvalue weighted by molar-refractivity contribution is 5.99. The Labute approximate surface area is 170 Å². The molecule has 3 rings (SSSR count). The molecule has 0 saturated heterocycles. The lowest BCUT2D eigenvalue weighted by Gasteiger charge is -2.26. The van der Waals surface area contributed by atoms with E-state index in [1.54, 1.807) is 11.0 Å². The number of amides is 1. The van der Waals surface area contributed by atoms with Crippen LogP contribution in [-0.2, 0) is 16.2 Å². The molecule has 1 atom stereocenters. The van der Waals surface area contributed by atoms with Crippen LogP contribution in [0.4, 0.5) is 5.69 Å². The van der Waals surface area contributed by atoms with Crippen molar-refractivity contribution in [3.63, 3.8) is 0 Å². The van der Waals surface area contributed by atoms with Crippen molar-refractivity contribution in [3.8, 4) is 0 Å². The number of hydrogen-bond acceptors (Lipinski definition) is 6. The Morgan fingerprint density at radius 3 is 2.72 bits per heavy atom. The molecule has 7 nitrogen and oxygen atoms in total. The van der Waals surface area contributed by atoms with Crippen molar-refractivity contribution in [2.24, 2.45) is 11.6 Å². The zero-order chi connectivity index (χ0) is 20.8. The third-order valence-electron chi connectivity index (χ3n) is 5.10. The summed E-state index contributed by atoms with van der Waals surface area (Å²) in [6.07, 6.45) is 1.69. The summed E-state index contributed by atoms with van der Waals surface area (Å²) in [5.74, 6) is 5.14. The maximum Gasteiger partial charge on any atom is 0.254 e. The van der Waals surface area contributed by atoms with Gasteiger partial charge in [-0.25, -0.2) is 5.90 Å². The molecule has 2 aromatic carbocycles. The molecule has 1 aliphatic heterocycles. The minimum absolute atomic E-state index is 0.0822. The SMILES string of the molecule is C/C(Nc1ccccc1)=C(/N)c1ccc2c(c1)CN(C(CCC=O)CON)C2=O. The van der Waals surface area contributed by atoms with Crippen molar-refractivity contribution in [2.75, 3.05) is 11.9 Å². The van der Waals surface area contributed by atoms with Gasteiger partial charge in [-0.3, -0.25) is 4.79 Å². The van der Waals surface area contributed by atoms with Gasteiger partial charge in [-0.05, 0) is 48.7 Å². The van der Waals surface area contributed by atoms with Crippen LogP contribution in [-0.4, -0.2) is 29.7 Å². The molecular weight excluding hydrogens is 368 g/mol. The second kappa shape index (κ2) is 9.36. The van der Waals surface area contributed by atoms with Gasteiger partial charge in [0.05, 0.1) is 18.3 Å². The first-order valence-electron chi connectivity index (χ1n) is 9.53. The van der Waals surface area contributed by atoms with Gasteiger partial charge in [-0.1, -0.05) is 24.3 Å². The number of aldehydes is 1. The molecule has 0 aliphatic carbocycles. The number of nitrogens with zero attached hydrogens (tertiary/aromatic N) is 1. The molecule has 2 aromatic rings. The van der Waals surface area contributed by atoms with Gasteiger partial charge in [0.25, 0.3) is 5.91 Å². The number of allylic oxidation sites excluding steroid dienone is 1. The quantitative estimate of drug-likeness (QED) is 0.445. The van der Waals surface area contributed by atoms with E-state index in [4.69, 9.17) is 16.5 Å². The van der Waals surface area contributed by atoms with Crippen molar-refractivity contribution in [1.82, 2.24) is 4.90 Å². The van der Waals surface area contributed by atoms with Gasteiger partial charge in [0.1, 0.15) is 6.29 Å². The highest BCUT2D eigenvalue weighted by Crippen LogP contribution is 2.29. The maximum atomic E-state index is 12.8. The summed E-state index contributed by atoms with van der Waals surface area (Å²) in [4.78, 5) is 30.0. The van der Waals surface area contributed by atoms with Gasteiger partial charge < -0.3 is 25.6 Å². The number of rotatable bonds is 9. The lowest BCUT2D eigenvalue weighted by Crippen LogP contribution is -2.39. The Hall–Kier alpha value is -3.16. The van der Waals surface area contributed by atoms with Gasteiger partial charge in [0, 0.05) is 29.9 Å². The van der Waals surface area contributed by atoms with Crippen LogP contribution in [0.25, 0.3) is 5.70 Å². The van der Waals surface area contributed by atoms with Crippen molar-refractivity contribution >= 4 is 23.6 Å². The average Bonchev–Trinajstić information content (AvgIpc) is 3.07. The van der Waals surface area contributed by atoms with Crippen molar-refractivity contribution in [3.05, 3.63) is 70.9 Å². The van der Waals surface area contributed by atoms with E-state index in [0.29, 0.717) is 30.6 Å². The molecule has 0 bridgehead atoms. The van der Waals surface area contributed by atoms with Gasteiger partial charge >= 0.3 is 0 Å². The Bertz CT molecular complexity index is 912. The molecule has 0 aromatic heterocycles. The van der Waals surface area contributed by atoms with E-state index < -0.39 is 0 Å². The normalized spacial score (nSPS) is 15.0. The summed E-state index contributed by atoms with van der Waals surface area (Å²) < 4.78 is 0. The lowest BCUT2D eigenvalue weighted by molar-refractivity contribution is -0.108. The summed E-state index contributed by atoms with van der Waals surface area (Å²) in [6.45, 7) is 2.54. The topological polar surface area (TPSA) is 111 Å². The summed E-state index contributed by atoms with van der Waals surface area (Å²) in [5.41, 5.74) is 11.2. The van der Waals surface area contributed by atoms with Crippen LogP contribution in [0.1, 0.15) is 41.3 Å². The van der Waals surface area contributed by atoms with Crippen molar-refractivity contribution in [2.45, 2.75) is 32.4 Å². The van der Waals surface area contributed by atoms with Crippen LogP contribution >= 0.6 is 0 Å². The molecule has 152 valence electrons. The van der Waals surface area contributed by atoms with Crippen LogP contribution < -0.4 is 16.9 Å². The van der Waals surface area contributed by atoms with Gasteiger partial charge in [-0.15, -0.1) is 0 Å². The first-order valence-corrected chi connectivity index (χ1v) is 9.53. The molecule has 1 heterocycles. The monoisotopic (exact) mass is 394 g/mol. The number of nitrogens with one attached hydrogen (secondary N) is 1. The molecule has 0 saturated carbocycles. The van der Waals surface area contributed by atoms with Crippen LogP contribution in [0.3, 0.4) is 0 Å². The van der Waals surface area contributed by atoms with E-state index in [-0.39, 0.29) is 18.6 Å². The molecule has 1 aliphatic rings. The molecule has 0 spiro atoms. The number of para-hydroxylation sites is 1. The fourth-order valence-corrected chi connectivity index (χ4v) is 3.53. The van der Waals surface area contributed by atoms with Crippen LogP contribution in [0, 0.1) is 0 Å². The van der Waals surface area contributed by atoms with E-state index in [0.717, 1.165) is 28.8 Å². The smallest absolute Gasteiger partial charge is 0.254 e. The van der Waals surface area contributed by atoms with Gasteiger partial charge in [-0.2, -0.15) is 0 Å². The summed E-state index contributed by atoms with van der Waals surface area (Å²) in [5, 5.41) is 3.30. The number of anilines is 1. The number of nitrogens with two attached hydrogens (primary N) is 2. The summed E-state index contributed by atoms with van der Waals surface area (Å²) in [7, 11) is 0. The highest BCUT2D eigenvalue weighted by atomic mass is 16.6. The predicted molar refractivity (Wildman–Crippen MR) is 112 cm³/mol. The van der Waals surface area contributed by atoms with Crippen LogP contribution in [0.5, 0.6) is 0 Å². The molecule has 1 unspecified atom stereocenters. The Kier molecular flexibility index (Phi) is 6.64. The molecular formula is C22H26N4O3. The average molecular weight is 394 g/mol. The van der Waals surface area contributed by atoms with Crippen LogP contribution in [0.15, 0.2) is 54.2 Å². The molecule has 5 N–H and O–H groups in total. The second-order valence-electron chi connectivity index (χ2n) is 7.07. The van der Waals surface area contributed by atoms with E-state index in [2.05, 4.69) is 5.32 Å². The van der Waals surface area contributed by atoms with Crippen molar-refractivity contribution < 1.29 is 14.4 Å². The van der Waals surface area contributed by atoms with E-state index >= 15 is 0 Å². The molecule has 7 heteroatoms. The number of fused-ring (bicyclic) bond motifs is 1. The number of hydrogen-bond donors (Lipinski definition) is 3. The molecule has 1 amide bonds. The van der Waals surface area contributed by atoms with E-state index in [1.165, 1.54) is 0 Å². The molecule has 29 heavy (non-hydrogen) atoms. The Morgan fingerprint density at radius 2 is 2.03 bits per heavy atom. The first-order chi connectivity index (χ1) is 14.0. The minimum atomic E-state index is -0.247. The lowest BCUT2D eigenvalue weighted by atomic mass is 10.0. The highest BCUT2D eigenvalue weighted by Gasteiger charge is 2.32. The first kappa shape index (κ1) is 20.6. The zero-order valence-corrected chi connectivity index (χ0v) is 16.4. The minimum Gasteiger partial charge on any atom is -0.397 e. The summed E-state index contributed by atoms with van der Waals surface area (Å²) >= 11 is 0. The predicted octanol–water partition coefficient (Wildman–Crippen LogP) is 2.64. The third-order valence-corrected chi connectivity index (χ3v) is 5.10. The van der Waals surface area contributed by atoms with Gasteiger partial charge in [0.2, 0.25) is 0 Å². The Balaban J connectivity index is 1.81. The molecule has 0 fully saturated rings. The van der Waals surface area contributed by atoms with E-state index in [1.807, 2.05) is 49.4 Å². The largest absolute Gasteiger partial charge is 0.397 e. The summed E-state index contributed by atoms with van der Waals surface area (Å²) in [6, 6.07) is 15.1. The maximum absolute atomic E-state index is 12.8. The third kappa shape index (κ3) is 4.64. The fourth-order valence-electron chi connectivity index (χ4n) is 3.53. The van der Waals surface area contributed by atoms with Crippen molar-refractivity contribution in [1.29, 1.82) is 0 Å². The fraction of sp³-hybridized carbons (Fsp3) is 0.273. The Morgan fingerprint density at radius 1 is 1.28 bits per heavy atom. The van der Waals surface area contributed by atoms with Crippen LogP contribution in [0.2, 0.25) is 0 Å². The number of carbonyl (C=O) groups excluding carboxylic acids is 2. The molecule has 0 radical (unpaired) electrons. The number of benzene rings is 2. The number of carbonyl (C=O) groups is 2. The standard InChI is InChI=1S/C22H26N4O3/c1-15(25-18-6-3-2-4-7-18)21(23)16-9-10-20-17(12-16)13-26(22(20)28)19(14-29-24)8-5-11-27/h2-4,6-7,9-12,19,25H,5,8,13-14,23-24H2,1H3/b21-15-.